The summed E-state index contributed by atoms with van der Waals surface area (Å²) in [7, 11) is -1.53. The molecule has 0 spiro atoms. The van der Waals surface area contributed by atoms with Crippen molar-refractivity contribution in [3.05, 3.63) is 54.1 Å². The molecule has 4 rings (SSSR count). The van der Waals surface area contributed by atoms with Gasteiger partial charge in [-0.1, -0.05) is 0 Å². The lowest BCUT2D eigenvalue weighted by molar-refractivity contribution is 0.102. The summed E-state index contributed by atoms with van der Waals surface area (Å²) in [5.41, 5.74) is 1.07. The molecular formula is C23H29N3O4S. The van der Waals surface area contributed by atoms with E-state index in [9.17, 15) is 13.2 Å². The van der Waals surface area contributed by atoms with Gasteiger partial charge >= 0.3 is 0 Å². The van der Waals surface area contributed by atoms with E-state index in [1.165, 1.54) is 17.1 Å². The lowest BCUT2D eigenvalue weighted by atomic mass is 10.2. The fourth-order valence-corrected chi connectivity index (χ4v) is 5.40. The van der Waals surface area contributed by atoms with Crippen molar-refractivity contribution in [2.75, 3.05) is 38.5 Å². The molecule has 1 aliphatic heterocycles. The van der Waals surface area contributed by atoms with Gasteiger partial charge in [0, 0.05) is 37.4 Å². The second-order valence-electron chi connectivity index (χ2n) is 8.23. The molecule has 1 amide bonds. The highest BCUT2D eigenvalue weighted by Crippen LogP contribution is 2.25. The first-order chi connectivity index (χ1) is 14.9. The fourth-order valence-electron chi connectivity index (χ4n) is 3.97. The van der Waals surface area contributed by atoms with Crippen LogP contribution in [0.4, 0.5) is 5.69 Å². The number of piperazine rings is 1. The Morgan fingerprint density at radius 2 is 1.55 bits per heavy atom. The van der Waals surface area contributed by atoms with E-state index in [-0.39, 0.29) is 16.9 Å². The summed E-state index contributed by atoms with van der Waals surface area (Å²) in [6.07, 6.45) is 4.87. The molecule has 1 saturated heterocycles. The molecule has 2 aromatic rings. The van der Waals surface area contributed by atoms with Crippen LogP contribution >= 0.6 is 0 Å². The Kier molecular flexibility index (Phi) is 6.60. The van der Waals surface area contributed by atoms with Crippen LogP contribution in [0.1, 0.15) is 36.0 Å². The predicted octanol–water partition coefficient (Wildman–Crippen LogP) is 3.20. The number of nitrogens with zero attached hydrogens (tertiary/aromatic N) is 2. The van der Waals surface area contributed by atoms with E-state index >= 15 is 0 Å². The minimum atomic E-state index is -3.52. The highest BCUT2D eigenvalue weighted by atomic mass is 32.2. The number of rotatable bonds is 6. The molecule has 1 heterocycles. The number of carbonyl (C=O) groups excluding carboxylic acids is 1. The van der Waals surface area contributed by atoms with E-state index in [1.54, 1.807) is 36.4 Å². The number of anilines is 1. The Hall–Kier alpha value is -2.42. The van der Waals surface area contributed by atoms with Crippen molar-refractivity contribution in [1.82, 2.24) is 9.21 Å². The first-order valence-corrected chi connectivity index (χ1v) is 12.2. The smallest absolute Gasteiger partial charge is 0.255 e. The van der Waals surface area contributed by atoms with Crippen molar-refractivity contribution < 1.29 is 17.9 Å². The van der Waals surface area contributed by atoms with Gasteiger partial charge in [-0.3, -0.25) is 4.79 Å². The van der Waals surface area contributed by atoms with Crippen molar-refractivity contribution in [1.29, 1.82) is 0 Å². The normalized spacial score (nSPS) is 18.7. The molecule has 31 heavy (non-hydrogen) atoms. The molecule has 2 fully saturated rings. The number of amides is 1. The van der Waals surface area contributed by atoms with Crippen LogP contribution < -0.4 is 10.1 Å². The van der Waals surface area contributed by atoms with Crippen molar-refractivity contribution >= 4 is 21.6 Å². The largest absolute Gasteiger partial charge is 0.490 e. The number of benzene rings is 2. The third-order valence-electron chi connectivity index (χ3n) is 5.93. The minimum Gasteiger partial charge on any atom is -0.490 e. The molecule has 0 unspecified atom stereocenters. The van der Waals surface area contributed by atoms with Gasteiger partial charge < -0.3 is 15.0 Å². The highest BCUT2D eigenvalue weighted by molar-refractivity contribution is 7.89. The van der Waals surface area contributed by atoms with Gasteiger partial charge in [0.05, 0.1) is 11.0 Å². The standard InChI is InChI=1S/C23H29N3O4S/c1-25-14-16-26(17-15-25)31(28,29)22-12-8-19(9-13-22)24-23(27)18-6-10-21(11-7-18)30-20-4-2-3-5-20/h6-13,20H,2-5,14-17H2,1H3,(H,24,27). The summed E-state index contributed by atoms with van der Waals surface area (Å²) in [4.78, 5) is 14.9. The maximum atomic E-state index is 12.8. The summed E-state index contributed by atoms with van der Waals surface area (Å²) in [5, 5.41) is 2.82. The number of hydrogen-bond acceptors (Lipinski definition) is 5. The zero-order valence-corrected chi connectivity index (χ0v) is 18.6. The Bertz CT molecular complexity index is 992. The molecule has 2 aliphatic rings. The minimum absolute atomic E-state index is 0.239. The van der Waals surface area contributed by atoms with Crippen molar-refractivity contribution in [2.24, 2.45) is 0 Å². The van der Waals surface area contributed by atoms with E-state index in [2.05, 4.69) is 10.2 Å². The van der Waals surface area contributed by atoms with Crippen LogP contribution in [-0.4, -0.2) is 62.9 Å². The van der Waals surface area contributed by atoms with Crippen LogP contribution in [0, 0.1) is 0 Å². The molecular weight excluding hydrogens is 414 g/mol. The van der Waals surface area contributed by atoms with Gasteiger partial charge in [-0.2, -0.15) is 4.31 Å². The van der Waals surface area contributed by atoms with E-state index in [1.807, 2.05) is 19.2 Å². The van der Waals surface area contributed by atoms with Crippen LogP contribution in [0.3, 0.4) is 0 Å². The molecule has 166 valence electrons. The van der Waals surface area contributed by atoms with Gasteiger partial charge in [0.1, 0.15) is 5.75 Å². The predicted molar refractivity (Wildman–Crippen MR) is 120 cm³/mol. The van der Waals surface area contributed by atoms with Crippen LogP contribution in [0.15, 0.2) is 53.4 Å². The molecule has 0 aromatic heterocycles. The fraction of sp³-hybridized carbons (Fsp3) is 0.435. The third kappa shape index (κ3) is 5.26. The van der Waals surface area contributed by atoms with E-state index in [0.29, 0.717) is 24.3 Å². The number of likely N-dealkylation sites (N-methyl/N-ethyl adjacent to an activating group) is 1. The molecule has 8 heteroatoms. The van der Waals surface area contributed by atoms with Crippen LogP contribution in [-0.2, 0) is 10.0 Å². The monoisotopic (exact) mass is 443 g/mol. The highest BCUT2D eigenvalue weighted by Gasteiger charge is 2.27. The molecule has 2 aromatic carbocycles. The zero-order chi connectivity index (χ0) is 21.8. The molecule has 1 N–H and O–H groups in total. The van der Waals surface area contributed by atoms with Crippen LogP contribution in [0.25, 0.3) is 0 Å². The molecule has 0 bridgehead atoms. The Morgan fingerprint density at radius 3 is 2.16 bits per heavy atom. The molecule has 1 aliphatic carbocycles. The number of sulfonamides is 1. The van der Waals surface area contributed by atoms with Crippen molar-refractivity contribution in [3.63, 3.8) is 0 Å². The van der Waals surface area contributed by atoms with E-state index in [4.69, 9.17) is 4.74 Å². The second-order valence-corrected chi connectivity index (χ2v) is 10.2. The number of hydrogen-bond donors (Lipinski definition) is 1. The number of ether oxygens (including phenoxy) is 1. The lowest BCUT2D eigenvalue weighted by Gasteiger charge is -2.31. The maximum absolute atomic E-state index is 12.8. The summed E-state index contributed by atoms with van der Waals surface area (Å²) in [5.74, 6) is 0.531. The van der Waals surface area contributed by atoms with Crippen LogP contribution in [0.2, 0.25) is 0 Å². The molecule has 7 nitrogen and oxygen atoms in total. The SMILES string of the molecule is CN1CCN(S(=O)(=O)c2ccc(NC(=O)c3ccc(OC4CCCC4)cc3)cc2)CC1. The third-order valence-corrected chi connectivity index (χ3v) is 7.85. The van der Waals surface area contributed by atoms with E-state index in [0.717, 1.165) is 31.7 Å². The molecule has 0 radical (unpaired) electrons. The maximum Gasteiger partial charge on any atom is 0.255 e. The van der Waals surface area contributed by atoms with Gasteiger partial charge in [0.15, 0.2) is 0 Å². The summed E-state index contributed by atoms with van der Waals surface area (Å²) in [6.45, 7) is 2.41. The quantitative estimate of drug-likeness (QED) is 0.742. The lowest BCUT2D eigenvalue weighted by Crippen LogP contribution is -2.46. The zero-order valence-electron chi connectivity index (χ0n) is 17.8. The Labute approximate surface area is 184 Å². The van der Waals surface area contributed by atoms with Gasteiger partial charge in [0.25, 0.3) is 5.91 Å². The second kappa shape index (κ2) is 9.38. The van der Waals surface area contributed by atoms with Crippen molar-refractivity contribution in [3.8, 4) is 5.75 Å². The average Bonchev–Trinajstić information content (AvgIpc) is 3.28. The van der Waals surface area contributed by atoms with Crippen LogP contribution in [0.5, 0.6) is 5.75 Å². The molecule has 0 atom stereocenters. The van der Waals surface area contributed by atoms with Gasteiger partial charge in [0.2, 0.25) is 10.0 Å². The first-order valence-electron chi connectivity index (χ1n) is 10.8. The summed E-state index contributed by atoms with van der Waals surface area (Å²) >= 11 is 0. The average molecular weight is 444 g/mol. The number of carbonyl (C=O) groups is 1. The Morgan fingerprint density at radius 1 is 0.935 bits per heavy atom. The number of nitrogens with one attached hydrogen (secondary N) is 1. The topological polar surface area (TPSA) is 79.0 Å². The first kappa shape index (κ1) is 21.8. The summed E-state index contributed by atoms with van der Waals surface area (Å²) < 4.78 is 33.1. The Balaban J connectivity index is 1.36. The van der Waals surface area contributed by atoms with Gasteiger partial charge in [-0.15, -0.1) is 0 Å². The summed E-state index contributed by atoms with van der Waals surface area (Å²) in [6, 6.07) is 13.5. The van der Waals surface area contributed by atoms with Gasteiger partial charge in [-0.05, 0) is 81.3 Å². The van der Waals surface area contributed by atoms with E-state index < -0.39 is 10.0 Å². The van der Waals surface area contributed by atoms with Crippen molar-refractivity contribution in [2.45, 2.75) is 36.7 Å². The van der Waals surface area contributed by atoms with Gasteiger partial charge in [-0.25, -0.2) is 8.42 Å². The molecule has 1 saturated carbocycles.